The summed E-state index contributed by atoms with van der Waals surface area (Å²) in [6.45, 7) is 0. The first-order chi connectivity index (χ1) is 14.9. The van der Waals surface area contributed by atoms with E-state index < -0.39 is 21.2 Å². The van der Waals surface area contributed by atoms with Crippen molar-refractivity contribution in [2.45, 2.75) is 0 Å². The van der Waals surface area contributed by atoms with Crippen LogP contribution >= 0.6 is 0 Å². The molecule has 0 heterocycles. The highest BCUT2D eigenvalue weighted by molar-refractivity contribution is 5.89. The molecule has 0 fully saturated rings. The standard InChI is InChI=1S/C22H12N4O5/c23-13-16-1-5-17(6-2-16)18(14-24)11-15-3-8-20(9-4-15)31-22-10-7-19(25(27)28)12-21(22)26(29)30/h1-12H/b18-11-. The molecule has 9 heteroatoms. The minimum Gasteiger partial charge on any atom is -0.450 e. The van der Waals surface area contributed by atoms with Crippen LogP contribution in [0.15, 0.2) is 66.7 Å². The van der Waals surface area contributed by atoms with Gasteiger partial charge in [-0.05, 0) is 47.5 Å². The number of non-ortho nitro benzene ring substituents is 1. The number of nitro benzene ring substituents is 2. The van der Waals surface area contributed by atoms with Crippen molar-refractivity contribution in [3.63, 3.8) is 0 Å². The molecule has 0 saturated carbocycles. The molecule has 0 unspecified atom stereocenters. The average molecular weight is 412 g/mol. The highest BCUT2D eigenvalue weighted by atomic mass is 16.6. The van der Waals surface area contributed by atoms with Gasteiger partial charge in [-0.15, -0.1) is 0 Å². The lowest BCUT2D eigenvalue weighted by Gasteiger charge is -2.07. The Hall–Kier alpha value is -5.02. The molecule has 0 radical (unpaired) electrons. The van der Waals surface area contributed by atoms with Crippen molar-refractivity contribution < 1.29 is 14.6 Å². The topological polar surface area (TPSA) is 143 Å². The van der Waals surface area contributed by atoms with Crippen LogP contribution in [0.3, 0.4) is 0 Å². The third kappa shape index (κ3) is 4.88. The first kappa shape index (κ1) is 20.7. The molecular formula is C22H12N4O5. The van der Waals surface area contributed by atoms with Gasteiger partial charge >= 0.3 is 5.69 Å². The van der Waals surface area contributed by atoms with Gasteiger partial charge < -0.3 is 4.74 Å². The Labute approximate surface area is 176 Å². The zero-order valence-corrected chi connectivity index (χ0v) is 15.8. The van der Waals surface area contributed by atoms with Gasteiger partial charge in [0.2, 0.25) is 5.75 Å². The van der Waals surface area contributed by atoms with E-state index in [1.54, 1.807) is 54.6 Å². The van der Waals surface area contributed by atoms with Crippen molar-refractivity contribution in [1.82, 2.24) is 0 Å². The SMILES string of the molecule is N#C/C(=C/c1ccc(Oc2ccc([N+](=O)[O-])cc2[N+](=O)[O-])cc1)c1ccc(C#N)cc1. The molecule has 150 valence electrons. The number of nitro groups is 2. The summed E-state index contributed by atoms with van der Waals surface area (Å²) < 4.78 is 5.52. The molecular weight excluding hydrogens is 400 g/mol. The second kappa shape index (κ2) is 8.99. The smallest absolute Gasteiger partial charge is 0.318 e. The largest absolute Gasteiger partial charge is 0.450 e. The van der Waals surface area contributed by atoms with Crippen LogP contribution in [0.2, 0.25) is 0 Å². The van der Waals surface area contributed by atoms with Crippen molar-refractivity contribution in [3.8, 4) is 23.6 Å². The zero-order valence-electron chi connectivity index (χ0n) is 15.8. The van der Waals surface area contributed by atoms with Gasteiger partial charge in [-0.2, -0.15) is 10.5 Å². The second-order valence-corrected chi connectivity index (χ2v) is 6.20. The highest BCUT2D eigenvalue weighted by Gasteiger charge is 2.21. The fourth-order valence-corrected chi connectivity index (χ4v) is 2.68. The van der Waals surface area contributed by atoms with Crippen LogP contribution in [0.1, 0.15) is 16.7 Å². The van der Waals surface area contributed by atoms with Gasteiger partial charge in [-0.1, -0.05) is 24.3 Å². The second-order valence-electron chi connectivity index (χ2n) is 6.20. The first-order valence-electron chi connectivity index (χ1n) is 8.74. The van der Waals surface area contributed by atoms with Crippen LogP contribution in [0.4, 0.5) is 11.4 Å². The predicted molar refractivity (Wildman–Crippen MR) is 111 cm³/mol. The van der Waals surface area contributed by atoms with E-state index in [1.165, 1.54) is 6.07 Å². The summed E-state index contributed by atoms with van der Waals surface area (Å²) in [6.07, 6.45) is 1.65. The lowest BCUT2D eigenvalue weighted by Crippen LogP contribution is -1.96. The molecule has 0 aliphatic heterocycles. The summed E-state index contributed by atoms with van der Waals surface area (Å²) in [6, 6.07) is 20.3. The van der Waals surface area contributed by atoms with E-state index in [0.717, 1.165) is 12.1 Å². The van der Waals surface area contributed by atoms with E-state index in [4.69, 9.17) is 10.00 Å². The number of ether oxygens (including phenoxy) is 1. The molecule has 0 bridgehead atoms. The van der Waals surface area contributed by atoms with Crippen LogP contribution < -0.4 is 4.74 Å². The number of rotatable bonds is 6. The van der Waals surface area contributed by atoms with Crippen molar-refractivity contribution in [2.24, 2.45) is 0 Å². The molecule has 0 N–H and O–H groups in total. The van der Waals surface area contributed by atoms with Gasteiger partial charge in [0.1, 0.15) is 5.75 Å². The van der Waals surface area contributed by atoms with Crippen molar-refractivity contribution >= 4 is 23.0 Å². The minimum absolute atomic E-state index is 0.130. The third-order valence-corrected chi connectivity index (χ3v) is 4.21. The maximum atomic E-state index is 11.2. The summed E-state index contributed by atoms with van der Waals surface area (Å²) in [5, 5.41) is 40.4. The molecule has 3 rings (SSSR count). The summed E-state index contributed by atoms with van der Waals surface area (Å²) >= 11 is 0. The molecule has 31 heavy (non-hydrogen) atoms. The van der Waals surface area contributed by atoms with Crippen LogP contribution in [-0.4, -0.2) is 9.85 Å². The lowest BCUT2D eigenvalue weighted by molar-refractivity contribution is -0.394. The Balaban J connectivity index is 1.84. The molecule has 0 aliphatic carbocycles. The van der Waals surface area contributed by atoms with Crippen LogP contribution in [0.25, 0.3) is 11.6 Å². The monoisotopic (exact) mass is 412 g/mol. The van der Waals surface area contributed by atoms with E-state index in [0.29, 0.717) is 22.3 Å². The molecule has 0 aliphatic rings. The van der Waals surface area contributed by atoms with Crippen molar-refractivity contribution in [2.75, 3.05) is 0 Å². The molecule has 9 nitrogen and oxygen atoms in total. The van der Waals surface area contributed by atoms with Gasteiger partial charge in [-0.25, -0.2) is 0 Å². The molecule has 0 spiro atoms. The minimum atomic E-state index is -0.754. The molecule has 0 aromatic heterocycles. The van der Waals surface area contributed by atoms with Crippen LogP contribution in [-0.2, 0) is 0 Å². The fourth-order valence-electron chi connectivity index (χ4n) is 2.68. The van der Waals surface area contributed by atoms with Gasteiger partial charge in [0.15, 0.2) is 0 Å². The van der Waals surface area contributed by atoms with E-state index in [2.05, 4.69) is 6.07 Å². The number of nitrogens with zero attached hydrogens (tertiary/aromatic N) is 4. The maximum Gasteiger partial charge on any atom is 0.318 e. The predicted octanol–water partition coefficient (Wildman–Crippen LogP) is 5.23. The van der Waals surface area contributed by atoms with Crippen LogP contribution in [0, 0.1) is 42.9 Å². The van der Waals surface area contributed by atoms with Crippen molar-refractivity contribution in [3.05, 3.63) is 104 Å². The number of hydrogen-bond acceptors (Lipinski definition) is 7. The number of hydrogen-bond donors (Lipinski definition) is 0. The maximum absolute atomic E-state index is 11.2. The quantitative estimate of drug-likeness (QED) is 0.233. The molecule has 3 aromatic carbocycles. The van der Waals surface area contributed by atoms with E-state index in [-0.39, 0.29) is 11.5 Å². The Bertz CT molecular complexity index is 1270. The first-order valence-corrected chi connectivity index (χ1v) is 8.74. The number of allylic oxidation sites excluding steroid dienone is 1. The normalized spacial score (nSPS) is 10.6. The van der Waals surface area contributed by atoms with E-state index in [1.807, 2.05) is 6.07 Å². The Morgan fingerprint density at radius 3 is 2.13 bits per heavy atom. The zero-order chi connectivity index (χ0) is 22.4. The average Bonchev–Trinajstić information content (AvgIpc) is 2.78. The summed E-state index contributed by atoms with van der Waals surface area (Å²) in [5.41, 5.74) is 1.29. The van der Waals surface area contributed by atoms with E-state index >= 15 is 0 Å². The Morgan fingerprint density at radius 2 is 1.58 bits per heavy atom. The molecule has 0 atom stereocenters. The summed E-state index contributed by atoms with van der Waals surface area (Å²) in [4.78, 5) is 20.6. The van der Waals surface area contributed by atoms with Gasteiger partial charge in [0, 0.05) is 6.07 Å². The number of benzene rings is 3. The van der Waals surface area contributed by atoms with Gasteiger partial charge in [-0.3, -0.25) is 20.2 Å². The summed E-state index contributed by atoms with van der Waals surface area (Å²) in [7, 11) is 0. The van der Waals surface area contributed by atoms with E-state index in [9.17, 15) is 25.5 Å². The Morgan fingerprint density at radius 1 is 0.903 bits per heavy atom. The molecule has 0 amide bonds. The summed E-state index contributed by atoms with van der Waals surface area (Å²) in [5.74, 6) is 0.153. The van der Waals surface area contributed by atoms with Gasteiger partial charge in [0.05, 0.1) is 39.2 Å². The third-order valence-electron chi connectivity index (χ3n) is 4.21. The molecule has 3 aromatic rings. The lowest BCUT2D eigenvalue weighted by atomic mass is 10.0. The Kier molecular flexibility index (Phi) is 6.00. The number of nitriles is 2. The molecule has 0 saturated heterocycles. The van der Waals surface area contributed by atoms with Gasteiger partial charge in [0.25, 0.3) is 5.69 Å². The van der Waals surface area contributed by atoms with Crippen LogP contribution in [0.5, 0.6) is 11.5 Å². The fraction of sp³-hybridized carbons (Fsp3) is 0. The van der Waals surface area contributed by atoms with Crippen molar-refractivity contribution in [1.29, 1.82) is 10.5 Å². The highest BCUT2D eigenvalue weighted by Crippen LogP contribution is 2.34.